The van der Waals surface area contributed by atoms with E-state index in [0.717, 1.165) is 15.0 Å². The third kappa shape index (κ3) is 1.12. The Hall–Kier alpha value is -0.781. The summed E-state index contributed by atoms with van der Waals surface area (Å²) in [5.74, 6) is 0. The van der Waals surface area contributed by atoms with Crippen LogP contribution in [0.1, 0.15) is 11.1 Å². The normalized spacial score (nSPS) is 14.8. The van der Waals surface area contributed by atoms with Gasteiger partial charge in [-0.2, -0.15) is 0 Å². The fourth-order valence-electron chi connectivity index (χ4n) is 2.01. The van der Waals surface area contributed by atoms with Crippen LogP contribution in [-0.4, -0.2) is 15.0 Å². The van der Waals surface area contributed by atoms with Gasteiger partial charge in [-0.1, -0.05) is 0 Å². The molecule has 1 aliphatic heterocycles. The van der Waals surface area contributed by atoms with Crippen LogP contribution in [0.5, 0.6) is 0 Å². The molecule has 0 nitrogen and oxygen atoms in total. The van der Waals surface area contributed by atoms with Gasteiger partial charge in [0.2, 0.25) is 0 Å². The Balaban J connectivity index is 2.49. The Kier molecular flexibility index (Phi) is 1.68. The zero-order valence-electron chi connectivity index (χ0n) is 7.29. The van der Waals surface area contributed by atoms with Gasteiger partial charge in [0.25, 0.3) is 0 Å². The van der Waals surface area contributed by atoms with E-state index < -0.39 is 0 Å². The van der Waals surface area contributed by atoms with Crippen molar-refractivity contribution >= 4 is 25.7 Å². The summed E-state index contributed by atoms with van der Waals surface area (Å²) in [6, 6.07) is 13.4. The van der Waals surface area contributed by atoms with Gasteiger partial charge in [-0.25, -0.2) is 0 Å². The standard InChI is InChI=1S/C12H10Se/c1-3-9-4-2-6-11-8-13-7-10(5-1)12(9)11/h1-6H,7-8H2. The molecule has 0 spiro atoms. The van der Waals surface area contributed by atoms with Crippen LogP contribution in [0.25, 0.3) is 10.8 Å². The number of hydrogen-bond acceptors (Lipinski definition) is 0. The summed E-state index contributed by atoms with van der Waals surface area (Å²) in [6.45, 7) is 0. The van der Waals surface area contributed by atoms with Gasteiger partial charge < -0.3 is 0 Å². The van der Waals surface area contributed by atoms with Crippen LogP contribution in [0, 0.1) is 0 Å². The first kappa shape index (κ1) is 7.61. The molecule has 0 bridgehead atoms. The van der Waals surface area contributed by atoms with Crippen LogP contribution in [0.3, 0.4) is 0 Å². The van der Waals surface area contributed by atoms with Crippen LogP contribution in [-0.2, 0) is 10.6 Å². The van der Waals surface area contributed by atoms with E-state index in [1.54, 1.807) is 11.1 Å². The van der Waals surface area contributed by atoms with Gasteiger partial charge in [0.15, 0.2) is 0 Å². The second-order valence-corrected chi connectivity index (χ2v) is 5.49. The first-order valence-corrected chi connectivity index (χ1v) is 6.95. The zero-order valence-corrected chi connectivity index (χ0v) is 9.00. The summed E-state index contributed by atoms with van der Waals surface area (Å²) in [5.41, 5.74) is 3.14. The van der Waals surface area contributed by atoms with Gasteiger partial charge in [-0.05, 0) is 0 Å². The average Bonchev–Trinajstić information content (AvgIpc) is 2.19. The molecule has 64 valence electrons. The summed E-state index contributed by atoms with van der Waals surface area (Å²) in [7, 11) is 0. The van der Waals surface area contributed by atoms with E-state index in [0.29, 0.717) is 0 Å². The van der Waals surface area contributed by atoms with Crippen LogP contribution in [0.15, 0.2) is 36.4 Å². The average molecular weight is 233 g/mol. The number of benzene rings is 2. The Morgan fingerprint density at radius 1 is 0.846 bits per heavy atom. The molecule has 13 heavy (non-hydrogen) atoms. The van der Waals surface area contributed by atoms with E-state index in [1.807, 2.05) is 0 Å². The van der Waals surface area contributed by atoms with Gasteiger partial charge in [0, 0.05) is 0 Å². The third-order valence-electron chi connectivity index (χ3n) is 2.59. The second-order valence-electron chi connectivity index (χ2n) is 3.43. The Morgan fingerprint density at radius 3 is 2.08 bits per heavy atom. The van der Waals surface area contributed by atoms with Crippen LogP contribution < -0.4 is 0 Å². The molecule has 3 rings (SSSR count). The predicted octanol–water partition coefficient (Wildman–Crippen LogP) is 2.56. The van der Waals surface area contributed by atoms with Crippen molar-refractivity contribution in [3.63, 3.8) is 0 Å². The molecule has 1 heterocycles. The van der Waals surface area contributed by atoms with E-state index >= 15 is 0 Å². The van der Waals surface area contributed by atoms with Gasteiger partial charge in [-0.15, -0.1) is 0 Å². The minimum absolute atomic E-state index is 0.794. The molecule has 2 aromatic rings. The van der Waals surface area contributed by atoms with Gasteiger partial charge in [0.1, 0.15) is 0 Å². The summed E-state index contributed by atoms with van der Waals surface area (Å²) in [6.07, 6.45) is 0. The molecule has 1 heteroatoms. The molecule has 2 aromatic carbocycles. The van der Waals surface area contributed by atoms with E-state index in [2.05, 4.69) is 36.4 Å². The molecular weight excluding hydrogens is 223 g/mol. The molecule has 0 aromatic heterocycles. The Morgan fingerprint density at radius 2 is 1.46 bits per heavy atom. The fourth-order valence-corrected chi connectivity index (χ4v) is 4.16. The van der Waals surface area contributed by atoms with Crippen molar-refractivity contribution < 1.29 is 0 Å². The van der Waals surface area contributed by atoms with Crippen molar-refractivity contribution in [2.24, 2.45) is 0 Å². The van der Waals surface area contributed by atoms with Crippen molar-refractivity contribution in [3.05, 3.63) is 47.5 Å². The van der Waals surface area contributed by atoms with Crippen molar-refractivity contribution in [2.45, 2.75) is 10.6 Å². The molecule has 0 fully saturated rings. The van der Waals surface area contributed by atoms with Crippen LogP contribution in [0.2, 0.25) is 0 Å². The quantitative estimate of drug-likeness (QED) is 0.613. The molecule has 1 aliphatic rings. The molecule has 0 amide bonds. The Bertz CT molecular complexity index is 421. The number of hydrogen-bond donors (Lipinski definition) is 0. The minimum atomic E-state index is 0.794. The van der Waals surface area contributed by atoms with Crippen molar-refractivity contribution in [1.82, 2.24) is 0 Å². The molecule has 0 aliphatic carbocycles. The van der Waals surface area contributed by atoms with Gasteiger partial charge in [-0.3, -0.25) is 0 Å². The zero-order chi connectivity index (χ0) is 8.67. The SMILES string of the molecule is c1cc2c3c(cccc3c1)C[Se]C2. The molecule has 0 unspecified atom stereocenters. The fraction of sp³-hybridized carbons (Fsp3) is 0.167. The van der Waals surface area contributed by atoms with E-state index in [4.69, 9.17) is 0 Å². The molecule has 0 radical (unpaired) electrons. The first-order valence-electron chi connectivity index (χ1n) is 4.52. The summed E-state index contributed by atoms with van der Waals surface area (Å²) in [4.78, 5) is 0. The molecule has 0 atom stereocenters. The maximum atomic E-state index is 2.28. The van der Waals surface area contributed by atoms with E-state index in [-0.39, 0.29) is 0 Å². The molecule has 0 saturated carbocycles. The van der Waals surface area contributed by atoms with Crippen LogP contribution >= 0.6 is 0 Å². The maximum absolute atomic E-state index is 2.28. The van der Waals surface area contributed by atoms with E-state index in [9.17, 15) is 0 Å². The number of rotatable bonds is 0. The van der Waals surface area contributed by atoms with Gasteiger partial charge >= 0.3 is 83.9 Å². The monoisotopic (exact) mass is 234 g/mol. The van der Waals surface area contributed by atoms with Crippen molar-refractivity contribution in [2.75, 3.05) is 0 Å². The second kappa shape index (κ2) is 2.87. The van der Waals surface area contributed by atoms with Crippen LogP contribution in [0.4, 0.5) is 0 Å². The van der Waals surface area contributed by atoms with E-state index in [1.165, 1.54) is 21.4 Å². The Labute approximate surface area is 84.1 Å². The predicted molar refractivity (Wildman–Crippen MR) is 57.1 cm³/mol. The molecule has 0 saturated heterocycles. The first-order chi connectivity index (χ1) is 6.45. The summed E-state index contributed by atoms with van der Waals surface area (Å²) >= 11 is 0.794. The third-order valence-corrected chi connectivity index (χ3v) is 4.75. The molecular formula is C12H10Se. The summed E-state index contributed by atoms with van der Waals surface area (Å²) < 4.78 is 0. The topological polar surface area (TPSA) is 0 Å². The van der Waals surface area contributed by atoms with Gasteiger partial charge in [0.05, 0.1) is 0 Å². The van der Waals surface area contributed by atoms with Crippen molar-refractivity contribution in [1.29, 1.82) is 0 Å². The van der Waals surface area contributed by atoms with Crippen molar-refractivity contribution in [3.8, 4) is 0 Å². The summed E-state index contributed by atoms with van der Waals surface area (Å²) in [5, 5.41) is 5.60. The molecule has 0 N–H and O–H groups in total.